The van der Waals surface area contributed by atoms with E-state index in [2.05, 4.69) is 23.5 Å². The number of allylic oxidation sites excluding steroid dienone is 1. The summed E-state index contributed by atoms with van der Waals surface area (Å²) in [5.41, 5.74) is 3.29. The van der Waals surface area contributed by atoms with Gasteiger partial charge in [0.15, 0.2) is 0 Å². The number of nitrogens with one attached hydrogen (secondary N) is 2. The molecule has 0 spiro atoms. The molecule has 0 aliphatic rings. The number of benzene rings is 1. The fourth-order valence-corrected chi connectivity index (χ4v) is 3.09. The molecule has 0 saturated heterocycles. The Labute approximate surface area is 180 Å². The second-order valence-corrected chi connectivity index (χ2v) is 8.93. The molecule has 7 heteroatoms. The monoisotopic (exact) mass is 416 g/mol. The van der Waals surface area contributed by atoms with Crippen LogP contribution in [-0.4, -0.2) is 23.1 Å². The van der Waals surface area contributed by atoms with Gasteiger partial charge in [-0.2, -0.15) is 5.90 Å². The minimum absolute atomic E-state index is 0.173. The minimum atomic E-state index is -0.583. The van der Waals surface area contributed by atoms with E-state index in [1.165, 1.54) is 0 Å². The van der Waals surface area contributed by atoms with Crippen LogP contribution >= 0.6 is 0 Å². The summed E-state index contributed by atoms with van der Waals surface area (Å²) >= 11 is 0. The first-order valence-electron chi connectivity index (χ1n) is 10.1. The summed E-state index contributed by atoms with van der Waals surface area (Å²) in [6, 6.07) is 8.87. The second-order valence-electron chi connectivity index (χ2n) is 8.93. The van der Waals surface area contributed by atoms with Crippen LogP contribution in [-0.2, 0) is 9.63 Å². The maximum absolute atomic E-state index is 13.1. The number of carbonyl (C=O) groups excluding carboxylic acids is 1. The molecule has 5 N–H and O–H groups in total. The summed E-state index contributed by atoms with van der Waals surface area (Å²) in [5, 5.41) is 12.1. The lowest BCUT2D eigenvalue weighted by Gasteiger charge is -2.32. The number of hydrogen-bond donors (Lipinski definition) is 4. The molecule has 0 bridgehead atoms. The van der Waals surface area contributed by atoms with E-state index in [1.807, 2.05) is 70.4 Å². The Morgan fingerprint density at radius 3 is 2.30 bits per heavy atom. The summed E-state index contributed by atoms with van der Waals surface area (Å²) in [7, 11) is 0. The van der Waals surface area contributed by atoms with Gasteiger partial charge in [0.05, 0.1) is 5.70 Å². The van der Waals surface area contributed by atoms with Crippen molar-refractivity contribution in [2.75, 3.05) is 0 Å². The molecule has 0 saturated carbocycles. The maximum atomic E-state index is 13.1. The molecule has 30 heavy (non-hydrogen) atoms. The van der Waals surface area contributed by atoms with Crippen molar-refractivity contribution in [2.45, 2.75) is 53.5 Å². The number of hydroxylamine groups is 1. The van der Waals surface area contributed by atoms with E-state index in [4.69, 9.17) is 15.9 Å². The first-order valence-corrected chi connectivity index (χ1v) is 10.1. The molecule has 7 nitrogen and oxygen atoms in total. The number of amides is 1. The molecular weight excluding hydrogens is 380 g/mol. The highest BCUT2D eigenvalue weighted by Gasteiger charge is 2.35. The standard InChI is InChI=1S/C23H36N4O3/c1-15(2)13-19(14-16(3)27-29)21(28)26-20(23(5,6)7)22(30-24)25-17(4)18-11-9-8-10-12-18/h8-12,15,19-20,27,29H,3-4,13-14,24H2,1-2,5-7H3,(H,26,28)/b25-22-/t19-,20-/m1/s1. The van der Waals surface area contributed by atoms with E-state index in [-0.39, 0.29) is 23.6 Å². The van der Waals surface area contributed by atoms with Crippen molar-refractivity contribution in [2.24, 2.45) is 28.1 Å². The van der Waals surface area contributed by atoms with E-state index in [9.17, 15) is 4.79 Å². The lowest BCUT2D eigenvalue weighted by molar-refractivity contribution is -0.126. The zero-order valence-corrected chi connectivity index (χ0v) is 18.7. The van der Waals surface area contributed by atoms with Gasteiger partial charge in [0.1, 0.15) is 6.04 Å². The molecule has 1 rings (SSSR count). The van der Waals surface area contributed by atoms with E-state index in [1.54, 1.807) is 0 Å². The molecule has 0 radical (unpaired) electrons. The van der Waals surface area contributed by atoms with Crippen LogP contribution in [0.5, 0.6) is 0 Å². The van der Waals surface area contributed by atoms with Crippen LogP contribution in [0.2, 0.25) is 0 Å². The van der Waals surface area contributed by atoms with Crippen molar-refractivity contribution in [3.63, 3.8) is 0 Å². The molecule has 0 aliphatic carbocycles. The predicted molar refractivity (Wildman–Crippen MR) is 121 cm³/mol. The molecule has 0 unspecified atom stereocenters. The SMILES string of the molecule is C=C(C[C@@H](CC(C)C)C(=O)N[C@H](/C(=N/C(=C)c1ccccc1)ON)C(C)(C)C)NO. The Kier molecular flexibility index (Phi) is 9.75. The number of aliphatic imine (C=N–C) groups is 1. The van der Waals surface area contributed by atoms with E-state index >= 15 is 0 Å². The Bertz CT molecular complexity index is 751. The number of rotatable bonds is 10. The van der Waals surface area contributed by atoms with Gasteiger partial charge in [-0.3, -0.25) is 15.5 Å². The van der Waals surface area contributed by atoms with Crippen LogP contribution in [0.15, 0.2) is 54.2 Å². The summed E-state index contributed by atoms with van der Waals surface area (Å²) < 4.78 is 0. The fourth-order valence-electron chi connectivity index (χ4n) is 3.09. The lowest BCUT2D eigenvalue weighted by Crippen LogP contribution is -2.52. The van der Waals surface area contributed by atoms with Gasteiger partial charge in [-0.25, -0.2) is 4.99 Å². The number of nitrogens with two attached hydrogens (primary N) is 1. The summed E-state index contributed by atoms with van der Waals surface area (Å²) in [5.74, 6) is 5.45. The minimum Gasteiger partial charge on any atom is -0.394 e. The van der Waals surface area contributed by atoms with Gasteiger partial charge in [0, 0.05) is 18.0 Å². The molecular formula is C23H36N4O3. The highest BCUT2D eigenvalue weighted by molar-refractivity contribution is 5.92. The third kappa shape index (κ3) is 8.00. The van der Waals surface area contributed by atoms with E-state index < -0.39 is 11.5 Å². The van der Waals surface area contributed by atoms with Gasteiger partial charge in [-0.15, -0.1) is 0 Å². The Morgan fingerprint density at radius 2 is 1.83 bits per heavy atom. The van der Waals surface area contributed by atoms with Crippen LogP contribution < -0.4 is 16.7 Å². The predicted octanol–water partition coefficient (Wildman–Crippen LogP) is 4.02. The van der Waals surface area contributed by atoms with Gasteiger partial charge < -0.3 is 10.2 Å². The molecule has 1 amide bonds. The number of hydrogen-bond acceptors (Lipinski definition) is 6. The smallest absolute Gasteiger partial charge is 0.237 e. The Morgan fingerprint density at radius 1 is 1.23 bits per heavy atom. The molecule has 2 atom stereocenters. The van der Waals surface area contributed by atoms with Crippen molar-refractivity contribution < 1.29 is 14.8 Å². The normalized spacial score (nSPS) is 14.1. The van der Waals surface area contributed by atoms with Crippen molar-refractivity contribution in [1.29, 1.82) is 0 Å². The lowest BCUT2D eigenvalue weighted by atomic mass is 9.85. The van der Waals surface area contributed by atoms with Gasteiger partial charge >= 0.3 is 0 Å². The average Bonchev–Trinajstić information content (AvgIpc) is 2.68. The van der Waals surface area contributed by atoms with E-state index in [0.29, 0.717) is 24.2 Å². The number of carbonyl (C=O) groups is 1. The first-order chi connectivity index (χ1) is 14.0. The number of nitrogens with zero attached hydrogens (tertiary/aromatic N) is 1. The van der Waals surface area contributed by atoms with Crippen LogP contribution in [0.3, 0.4) is 0 Å². The third-order valence-electron chi connectivity index (χ3n) is 4.65. The molecule has 0 aromatic heterocycles. The quantitative estimate of drug-likeness (QED) is 0.262. The Balaban J connectivity index is 3.17. The molecule has 1 aromatic rings. The maximum Gasteiger partial charge on any atom is 0.237 e. The second kappa shape index (κ2) is 11.5. The van der Waals surface area contributed by atoms with Crippen molar-refractivity contribution in [3.05, 3.63) is 54.8 Å². The van der Waals surface area contributed by atoms with Crippen molar-refractivity contribution in [3.8, 4) is 0 Å². The highest BCUT2D eigenvalue weighted by atomic mass is 16.6. The van der Waals surface area contributed by atoms with Gasteiger partial charge in [0.25, 0.3) is 0 Å². The average molecular weight is 417 g/mol. The molecule has 0 heterocycles. The van der Waals surface area contributed by atoms with Gasteiger partial charge in [-0.05, 0) is 23.3 Å². The van der Waals surface area contributed by atoms with Gasteiger partial charge in [-0.1, -0.05) is 78.1 Å². The van der Waals surface area contributed by atoms with Crippen LogP contribution in [0.25, 0.3) is 5.70 Å². The zero-order chi connectivity index (χ0) is 22.9. The first kappa shape index (κ1) is 25.4. The summed E-state index contributed by atoms with van der Waals surface area (Å²) in [6.45, 7) is 17.7. The van der Waals surface area contributed by atoms with Crippen molar-refractivity contribution in [1.82, 2.24) is 10.8 Å². The molecule has 0 aliphatic heterocycles. The largest absolute Gasteiger partial charge is 0.394 e. The highest BCUT2D eigenvalue weighted by Crippen LogP contribution is 2.25. The Hall–Kier alpha value is -2.64. The van der Waals surface area contributed by atoms with Crippen LogP contribution in [0, 0.1) is 17.3 Å². The zero-order valence-electron chi connectivity index (χ0n) is 18.7. The van der Waals surface area contributed by atoms with E-state index in [0.717, 1.165) is 5.56 Å². The van der Waals surface area contributed by atoms with Crippen LogP contribution in [0.4, 0.5) is 0 Å². The molecule has 1 aromatic carbocycles. The molecule has 166 valence electrons. The van der Waals surface area contributed by atoms with Crippen LogP contribution in [0.1, 0.15) is 53.0 Å². The van der Waals surface area contributed by atoms with Gasteiger partial charge in [0.2, 0.25) is 11.8 Å². The topological polar surface area (TPSA) is 109 Å². The van der Waals surface area contributed by atoms with Crippen molar-refractivity contribution >= 4 is 17.5 Å². The third-order valence-corrected chi connectivity index (χ3v) is 4.65. The molecule has 0 fully saturated rings. The summed E-state index contributed by atoms with van der Waals surface area (Å²) in [6.07, 6.45) is 0.945. The fraction of sp³-hybridized carbons (Fsp3) is 0.478. The summed E-state index contributed by atoms with van der Waals surface area (Å²) in [4.78, 5) is 22.7.